The van der Waals surface area contributed by atoms with Crippen LogP contribution < -0.4 is 15.4 Å². The second kappa shape index (κ2) is 11.9. The van der Waals surface area contributed by atoms with Crippen LogP contribution in [0.15, 0.2) is 51.7 Å². The second-order valence-electron chi connectivity index (χ2n) is 7.41. The molecule has 0 fully saturated rings. The molecule has 0 bridgehead atoms. The highest BCUT2D eigenvalue weighted by atomic mass is 127. The van der Waals surface area contributed by atoms with E-state index in [1.165, 1.54) is 4.88 Å². The third-order valence-corrected chi connectivity index (χ3v) is 6.49. The molecule has 29 heavy (non-hydrogen) atoms. The molecule has 0 amide bonds. The van der Waals surface area contributed by atoms with Crippen LogP contribution in [0.1, 0.15) is 38.1 Å². The highest BCUT2D eigenvalue weighted by molar-refractivity contribution is 14.0. The van der Waals surface area contributed by atoms with E-state index in [4.69, 9.17) is 0 Å². The number of hydrogen-bond acceptors (Lipinski definition) is 4. The quantitative estimate of drug-likeness (QED) is 0.266. The minimum atomic E-state index is -3.61. The van der Waals surface area contributed by atoms with E-state index in [0.29, 0.717) is 11.5 Å². The SMILES string of the molecule is CCNC(=NCc1ccccc1S(=O)(=O)NC(C)(C)C)NCCc1cccs1.I. The van der Waals surface area contributed by atoms with Gasteiger partial charge in [-0.25, -0.2) is 18.1 Å². The molecule has 2 rings (SSSR count). The Morgan fingerprint density at radius 3 is 2.45 bits per heavy atom. The molecule has 0 unspecified atom stereocenters. The van der Waals surface area contributed by atoms with Crippen molar-refractivity contribution in [1.82, 2.24) is 15.4 Å². The molecule has 6 nitrogen and oxygen atoms in total. The predicted molar refractivity (Wildman–Crippen MR) is 133 cm³/mol. The van der Waals surface area contributed by atoms with E-state index in [0.717, 1.165) is 19.5 Å². The van der Waals surface area contributed by atoms with Crippen molar-refractivity contribution in [3.8, 4) is 0 Å². The van der Waals surface area contributed by atoms with Crippen LogP contribution in [-0.4, -0.2) is 33.0 Å². The maximum Gasteiger partial charge on any atom is 0.241 e. The van der Waals surface area contributed by atoms with Gasteiger partial charge in [-0.15, -0.1) is 35.3 Å². The predicted octanol–water partition coefficient (Wildman–Crippen LogP) is 3.74. The molecule has 0 radical (unpaired) electrons. The van der Waals surface area contributed by atoms with Gasteiger partial charge in [-0.2, -0.15) is 0 Å². The van der Waals surface area contributed by atoms with Gasteiger partial charge >= 0.3 is 0 Å². The van der Waals surface area contributed by atoms with Crippen LogP contribution in [0.2, 0.25) is 0 Å². The Hall–Kier alpha value is -1.17. The molecule has 1 heterocycles. The van der Waals surface area contributed by atoms with Crippen LogP contribution in [0.4, 0.5) is 0 Å². The van der Waals surface area contributed by atoms with Crippen LogP contribution in [0.3, 0.4) is 0 Å². The average molecular weight is 551 g/mol. The fourth-order valence-electron chi connectivity index (χ4n) is 2.62. The molecule has 0 spiro atoms. The number of rotatable bonds is 8. The van der Waals surface area contributed by atoms with E-state index in [1.807, 2.05) is 39.8 Å². The zero-order valence-corrected chi connectivity index (χ0v) is 21.3. The molecule has 3 N–H and O–H groups in total. The zero-order valence-electron chi connectivity index (χ0n) is 17.4. The Morgan fingerprint density at radius 2 is 1.83 bits per heavy atom. The van der Waals surface area contributed by atoms with Crippen LogP contribution in [0, 0.1) is 0 Å². The van der Waals surface area contributed by atoms with Crippen LogP contribution >= 0.6 is 35.3 Å². The van der Waals surface area contributed by atoms with Gasteiger partial charge in [-0.05, 0) is 57.2 Å². The summed E-state index contributed by atoms with van der Waals surface area (Å²) in [6.07, 6.45) is 0.919. The van der Waals surface area contributed by atoms with Crippen molar-refractivity contribution >= 4 is 51.3 Å². The molecule has 2 aromatic rings. The lowest BCUT2D eigenvalue weighted by atomic mass is 10.1. The van der Waals surface area contributed by atoms with E-state index in [9.17, 15) is 8.42 Å². The minimum absolute atomic E-state index is 0. The van der Waals surface area contributed by atoms with Crippen molar-refractivity contribution in [3.05, 3.63) is 52.2 Å². The first-order chi connectivity index (χ1) is 13.2. The van der Waals surface area contributed by atoms with Gasteiger partial charge in [0.05, 0.1) is 11.4 Å². The fourth-order valence-corrected chi connectivity index (χ4v) is 4.98. The summed E-state index contributed by atoms with van der Waals surface area (Å²) in [6.45, 7) is 9.25. The van der Waals surface area contributed by atoms with E-state index in [2.05, 4.69) is 31.8 Å². The molecule has 0 saturated heterocycles. The molecule has 0 aliphatic heterocycles. The second-order valence-corrected chi connectivity index (χ2v) is 10.1. The van der Waals surface area contributed by atoms with Gasteiger partial charge in [-0.3, -0.25) is 0 Å². The maximum atomic E-state index is 12.8. The smallest absolute Gasteiger partial charge is 0.241 e. The third-order valence-electron chi connectivity index (χ3n) is 3.70. The van der Waals surface area contributed by atoms with Crippen molar-refractivity contribution in [2.45, 2.75) is 51.1 Å². The first-order valence-electron chi connectivity index (χ1n) is 9.38. The number of aliphatic imine (C=N–C) groups is 1. The molecular formula is C20H31IN4O2S2. The zero-order chi connectivity index (χ0) is 20.6. The summed E-state index contributed by atoms with van der Waals surface area (Å²) in [5.74, 6) is 0.676. The van der Waals surface area contributed by atoms with Crippen molar-refractivity contribution in [2.24, 2.45) is 4.99 Å². The van der Waals surface area contributed by atoms with E-state index in [-0.39, 0.29) is 35.4 Å². The monoisotopic (exact) mass is 550 g/mol. The highest BCUT2D eigenvalue weighted by Gasteiger charge is 2.24. The molecule has 9 heteroatoms. The molecule has 162 valence electrons. The molecule has 0 aliphatic carbocycles. The number of thiophene rings is 1. The highest BCUT2D eigenvalue weighted by Crippen LogP contribution is 2.18. The summed E-state index contributed by atoms with van der Waals surface area (Å²) in [4.78, 5) is 6.16. The maximum absolute atomic E-state index is 12.8. The molecule has 1 aromatic carbocycles. The van der Waals surface area contributed by atoms with Crippen molar-refractivity contribution in [2.75, 3.05) is 13.1 Å². The Labute approximate surface area is 195 Å². The number of sulfonamides is 1. The average Bonchev–Trinajstić information content (AvgIpc) is 3.11. The summed E-state index contributed by atoms with van der Waals surface area (Å²) in [5.41, 5.74) is 0.114. The number of guanidine groups is 1. The Morgan fingerprint density at radius 1 is 1.10 bits per heavy atom. The van der Waals surface area contributed by atoms with Gasteiger partial charge in [-0.1, -0.05) is 24.3 Å². The summed E-state index contributed by atoms with van der Waals surface area (Å²) in [5, 5.41) is 8.58. The first-order valence-corrected chi connectivity index (χ1v) is 11.7. The summed E-state index contributed by atoms with van der Waals surface area (Å²) >= 11 is 1.73. The van der Waals surface area contributed by atoms with Crippen molar-refractivity contribution < 1.29 is 8.42 Å². The van der Waals surface area contributed by atoms with E-state index in [1.54, 1.807) is 29.5 Å². The summed E-state index contributed by atoms with van der Waals surface area (Å²) in [6, 6.07) is 11.1. The Bertz CT molecular complexity index is 876. The molecule has 0 saturated carbocycles. The largest absolute Gasteiger partial charge is 0.357 e. The minimum Gasteiger partial charge on any atom is -0.357 e. The van der Waals surface area contributed by atoms with Crippen LogP contribution in [-0.2, 0) is 23.0 Å². The van der Waals surface area contributed by atoms with E-state index < -0.39 is 15.6 Å². The van der Waals surface area contributed by atoms with Gasteiger partial charge in [0.2, 0.25) is 10.0 Å². The topological polar surface area (TPSA) is 82.6 Å². The number of nitrogens with one attached hydrogen (secondary N) is 3. The number of halogens is 1. The lowest BCUT2D eigenvalue weighted by Crippen LogP contribution is -2.41. The first kappa shape index (κ1) is 25.9. The fraction of sp³-hybridized carbons (Fsp3) is 0.450. The normalized spacial score (nSPS) is 12.3. The number of hydrogen-bond donors (Lipinski definition) is 3. The van der Waals surface area contributed by atoms with Gasteiger partial charge in [0.15, 0.2) is 5.96 Å². The number of benzene rings is 1. The molecular weight excluding hydrogens is 519 g/mol. The van der Waals surface area contributed by atoms with Crippen molar-refractivity contribution in [1.29, 1.82) is 0 Å². The third kappa shape index (κ3) is 9.02. The number of nitrogens with zero attached hydrogens (tertiary/aromatic N) is 1. The summed E-state index contributed by atoms with van der Waals surface area (Å²) < 4.78 is 28.2. The Balaban J connectivity index is 0.00000420. The molecule has 0 atom stereocenters. The summed E-state index contributed by atoms with van der Waals surface area (Å²) in [7, 11) is -3.61. The van der Waals surface area contributed by atoms with Gasteiger partial charge in [0.25, 0.3) is 0 Å². The Kier molecular flexibility index (Phi) is 10.6. The van der Waals surface area contributed by atoms with Gasteiger partial charge in [0.1, 0.15) is 0 Å². The molecule has 0 aliphatic rings. The van der Waals surface area contributed by atoms with Crippen LogP contribution in [0.5, 0.6) is 0 Å². The standard InChI is InChI=1S/C20H30N4O2S2.HI/c1-5-21-19(22-13-12-17-10-8-14-27-17)23-15-16-9-6-7-11-18(16)28(25,26)24-20(2,3)4;/h6-11,14,24H,5,12-13,15H2,1-4H3,(H2,21,22,23);1H. The van der Waals surface area contributed by atoms with Gasteiger partial charge < -0.3 is 10.6 Å². The lowest BCUT2D eigenvalue weighted by molar-refractivity contribution is 0.491. The lowest BCUT2D eigenvalue weighted by Gasteiger charge is -2.21. The van der Waals surface area contributed by atoms with Gasteiger partial charge in [0, 0.05) is 23.5 Å². The molecule has 1 aromatic heterocycles. The van der Waals surface area contributed by atoms with Crippen molar-refractivity contribution in [3.63, 3.8) is 0 Å². The van der Waals surface area contributed by atoms with E-state index >= 15 is 0 Å². The van der Waals surface area contributed by atoms with Crippen LogP contribution in [0.25, 0.3) is 0 Å².